The van der Waals surface area contributed by atoms with Gasteiger partial charge in [0, 0.05) is 12.5 Å². The third-order valence-electron chi connectivity index (χ3n) is 5.23. The number of aliphatic hydroxyl groups excluding tert-OH is 1. The van der Waals surface area contributed by atoms with Crippen molar-refractivity contribution in [3.63, 3.8) is 0 Å². The molecule has 0 radical (unpaired) electrons. The Morgan fingerprint density at radius 1 is 1.04 bits per heavy atom. The zero-order valence-corrected chi connectivity index (χ0v) is 16.8. The third kappa shape index (κ3) is 3.63. The van der Waals surface area contributed by atoms with Crippen LogP contribution in [0.15, 0.2) is 60.7 Å². The lowest BCUT2D eigenvalue weighted by Gasteiger charge is -2.43. The molecule has 2 atom stereocenters. The number of rotatable bonds is 6. The van der Waals surface area contributed by atoms with Crippen molar-refractivity contribution in [2.24, 2.45) is 5.92 Å². The van der Waals surface area contributed by atoms with Crippen molar-refractivity contribution < 1.29 is 14.4 Å². The van der Waals surface area contributed by atoms with Crippen molar-refractivity contribution in [2.45, 2.75) is 31.9 Å². The maximum absolute atomic E-state index is 9.57. The van der Waals surface area contributed by atoms with E-state index in [4.69, 9.17) is 9.26 Å². The first kappa shape index (κ1) is 19.3. The number of hydroxylamine groups is 1. The van der Waals surface area contributed by atoms with E-state index in [0.29, 0.717) is 13.2 Å². The van der Waals surface area contributed by atoms with Gasteiger partial charge in [-0.2, -0.15) is 5.48 Å². The minimum atomic E-state index is -2.52. The van der Waals surface area contributed by atoms with Crippen molar-refractivity contribution in [3.05, 3.63) is 60.7 Å². The summed E-state index contributed by atoms with van der Waals surface area (Å²) in [5, 5.41) is 12.1. The van der Waals surface area contributed by atoms with E-state index in [1.165, 1.54) is 10.4 Å². The summed E-state index contributed by atoms with van der Waals surface area (Å²) in [6.45, 7) is 7.98. The number of hydrogen-bond acceptors (Lipinski definition) is 4. The highest BCUT2D eigenvalue weighted by molar-refractivity contribution is 6.99. The summed E-state index contributed by atoms with van der Waals surface area (Å²) in [7, 11) is -2.52. The van der Waals surface area contributed by atoms with E-state index in [0.717, 1.165) is 0 Å². The van der Waals surface area contributed by atoms with Crippen LogP contribution in [-0.2, 0) is 9.26 Å². The summed E-state index contributed by atoms with van der Waals surface area (Å²) in [6, 6.07) is 21.1. The van der Waals surface area contributed by atoms with E-state index < -0.39 is 8.32 Å². The Hall–Kier alpha value is -1.50. The Labute approximate surface area is 157 Å². The molecule has 0 bridgehead atoms. The molecule has 0 aromatic heterocycles. The fraction of sp³-hybridized carbons (Fsp3) is 0.429. The zero-order valence-electron chi connectivity index (χ0n) is 15.8. The van der Waals surface area contributed by atoms with Gasteiger partial charge in [-0.25, -0.2) is 0 Å². The van der Waals surface area contributed by atoms with Gasteiger partial charge in [0.2, 0.25) is 0 Å². The number of aliphatic hydroxyl groups is 1. The molecule has 1 aliphatic rings. The average Bonchev–Trinajstić information content (AvgIpc) is 3.10. The van der Waals surface area contributed by atoms with Crippen LogP contribution in [0.2, 0.25) is 5.04 Å². The molecule has 2 aromatic carbocycles. The summed E-state index contributed by atoms with van der Waals surface area (Å²) in [5.41, 5.74) is 2.90. The molecule has 140 valence electrons. The van der Waals surface area contributed by atoms with Crippen LogP contribution in [0.25, 0.3) is 0 Å². The molecule has 0 unspecified atom stereocenters. The van der Waals surface area contributed by atoms with Crippen LogP contribution >= 0.6 is 0 Å². The molecule has 26 heavy (non-hydrogen) atoms. The predicted molar refractivity (Wildman–Crippen MR) is 107 cm³/mol. The van der Waals surface area contributed by atoms with Crippen molar-refractivity contribution in [3.8, 4) is 0 Å². The highest BCUT2D eigenvalue weighted by Gasteiger charge is 2.50. The first-order chi connectivity index (χ1) is 12.5. The van der Waals surface area contributed by atoms with Crippen molar-refractivity contribution in [1.29, 1.82) is 0 Å². The quantitative estimate of drug-likeness (QED) is 0.764. The van der Waals surface area contributed by atoms with E-state index in [1.54, 1.807) is 0 Å². The van der Waals surface area contributed by atoms with Gasteiger partial charge < -0.3 is 14.4 Å². The first-order valence-corrected chi connectivity index (χ1v) is 11.1. The maximum atomic E-state index is 9.57. The number of benzene rings is 2. The summed E-state index contributed by atoms with van der Waals surface area (Å²) in [6.07, 6.45) is 0. The van der Waals surface area contributed by atoms with Gasteiger partial charge in [0.25, 0.3) is 8.32 Å². The van der Waals surface area contributed by atoms with Gasteiger partial charge >= 0.3 is 0 Å². The smallest absolute Gasteiger partial charge is 0.261 e. The molecule has 1 heterocycles. The molecule has 0 aliphatic carbocycles. The minimum Gasteiger partial charge on any atom is -0.407 e. The Morgan fingerprint density at radius 2 is 1.58 bits per heavy atom. The monoisotopic (exact) mass is 371 g/mol. The SMILES string of the molecule is CC(C)(C)[Si](OC[C@H]1CON[C@H]1CO)(c1ccccc1)c1ccccc1. The lowest BCUT2D eigenvalue weighted by molar-refractivity contribution is 0.0748. The Kier molecular flexibility index (Phi) is 5.95. The van der Waals surface area contributed by atoms with Crippen LogP contribution in [0.3, 0.4) is 0 Å². The van der Waals surface area contributed by atoms with Gasteiger partial charge in [-0.1, -0.05) is 81.4 Å². The summed E-state index contributed by atoms with van der Waals surface area (Å²) >= 11 is 0. The molecule has 4 nitrogen and oxygen atoms in total. The number of hydrogen-bond donors (Lipinski definition) is 2. The minimum absolute atomic E-state index is 0.0443. The predicted octanol–water partition coefficient (Wildman–Crippen LogP) is 2.07. The highest BCUT2D eigenvalue weighted by Crippen LogP contribution is 2.37. The fourth-order valence-corrected chi connectivity index (χ4v) is 8.44. The van der Waals surface area contributed by atoms with Gasteiger partial charge in [0.05, 0.1) is 19.3 Å². The first-order valence-electron chi connectivity index (χ1n) is 9.22. The summed E-state index contributed by atoms with van der Waals surface area (Å²) < 4.78 is 6.89. The molecule has 0 spiro atoms. The topological polar surface area (TPSA) is 50.7 Å². The Bertz CT molecular complexity index is 648. The molecular formula is C21H29NO3Si. The average molecular weight is 372 g/mol. The lowest BCUT2D eigenvalue weighted by Crippen LogP contribution is -2.67. The van der Waals surface area contributed by atoms with Crippen molar-refractivity contribution >= 4 is 18.7 Å². The Morgan fingerprint density at radius 3 is 2.04 bits per heavy atom. The summed E-state index contributed by atoms with van der Waals surface area (Å²) in [4.78, 5) is 5.35. The molecule has 2 N–H and O–H groups in total. The van der Waals surface area contributed by atoms with Gasteiger partial charge in [-0.3, -0.25) is 0 Å². The molecule has 1 aliphatic heterocycles. The Balaban J connectivity index is 2.03. The van der Waals surface area contributed by atoms with Gasteiger partial charge in [0.1, 0.15) is 0 Å². The fourth-order valence-electron chi connectivity index (χ4n) is 3.82. The van der Waals surface area contributed by atoms with Crippen LogP contribution in [0.5, 0.6) is 0 Å². The van der Waals surface area contributed by atoms with Crippen molar-refractivity contribution in [2.75, 3.05) is 19.8 Å². The molecule has 2 aromatic rings. The van der Waals surface area contributed by atoms with Crippen molar-refractivity contribution in [1.82, 2.24) is 5.48 Å². The summed E-state index contributed by atoms with van der Waals surface area (Å²) in [5.74, 6) is 0.140. The molecule has 0 saturated carbocycles. The van der Waals surface area contributed by atoms with E-state index >= 15 is 0 Å². The second-order valence-electron chi connectivity index (χ2n) is 7.95. The standard InChI is InChI=1S/C21H29NO3Si/c1-21(2,3)26(18-10-6-4-7-11-18,19-12-8-5-9-13-19)25-16-17-15-24-22-20(17)14-23/h4-13,17,20,22-23H,14-16H2,1-3H3/t17-,20+/m1/s1. The molecule has 5 heteroatoms. The van der Waals surface area contributed by atoms with E-state index in [9.17, 15) is 5.11 Å². The van der Waals surface area contributed by atoms with Crippen LogP contribution in [0, 0.1) is 5.92 Å². The van der Waals surface area contributed by atoms with Gasteiger partial charge in [-0.05, 0) is 15.4 Å². The van der Waals surface area contributed by atoms with Crippen LogP contribution in [-0.4, -0.2) is 39.3 Å². The molecular weight excluding hydrogens is 342 g/mol. The van der Waals surface area contributed by atoms with Crippen LogP contribution in [0.4, 0.5) is 0 Å². The second-order valence-corrected chi connectivity index (χ2v) is 12.3. The van der Waals surface area contributed by atoms with Gasteiger partial charge in [-0.15, -0.1) is 0 Å². The third-order valence-corrected chi connectivity index (χ3v) is 10.2. The zero-order chi connectivity index (χ0) is 18.6. The molecule has 0 amide bonds. The van der Waals surface area contributed by atoms with Gasteiger partial charge in [0.15, 0.2) is 0 Å². The van der Waals surface area contributed by atoms with E-state index in [-0.39, 0.29) is 23.6 Å². The van der Waals surface area contributed by atoms with E-state index in [2.05, 4.69) is 74.8 Å². The normalized spacial score (nSPS) is 21.1. The molecule has 1 fully saturated rings. The van der Waals surface area contributed by atoms with E-state index in [1.807, 2.05) is 12.1 Å². The molecule has 3 rings (SSSR count). The number of nitrogens with one attached hydrogen (secondary N) is 1. The maximum Gasteiger partial charge on any atom is 0.261 e. The second kappa shape index (κ2) is 8.02. The lowest BCUT2D eigenvalue weighted by atomic mass is 10.1. The molecule has 1 saturated heterocycles. The van der Waals surface area contributed by atoms with Crippen LogP contribution in [0.1, 0.15) is 20.8 Å². The van der Waals surface area contributed by atoms with Crippen LogP contribution < -0.4 is 15.9 Å². The highest BCUT2D eigenvalue weighted by atomic mass is 28.4. The largest absolute Gasteiger partial charge is 0.407 e.